The first kappa shape index (κ1) is 17.2. The molecule has 0 amide bonds. The average molecular weight is 369 g/mol. The van der Waals surface area contributed by atoms with Gasteiger partial charge in [-0.1, -0.05) is 36.5 Å². The second kappa shape index (κ2) is 6.96. The second-order valence-electron chi connectivity index (χ2n) is 4.93. The van der Waals surface area contributed by atoms with Crippen molar-refractivity contribution in [3.05, 3.63) is 22.2 Å². The minimum absolute atomic E-state index is 0.0155. The van der Waals surface area contributed by atoms with Crippen molar-refractivity contribution >= 4 is 50.7 Å². The van der Waals surface area contributed by atoms with E-state index >= 15 is 0 Å². The smallest absolute Gasteiger partial charge is 0.242 e. The summed E-state index contributed by atoms with van der Waals surface area (Å²) in [5, 5.41) is 0.542. The second-order valence-corrected chi connectivity index (χ2v) is 8.91. The number of halogens is 2. The highest BCUT2D eigenvalue weighted by Gasteiger charge is 2.32. The van der Waals surface area contributed by atoms with Crippen LogP contribution in [0.5, 0.6) is 0 Å². The van der Waals surface area contributed by atoms with Gasteiger partial charge < -0.3 is 5.73 Å². The molecule has 1 fully saturated rings. The predicted molar refractivity (Wildman–Crippen MR) is 90.8 cm³/mol. The SMILES string of the molecule is CCSC1CCCC1NS(=O)(=O)c1ccc(Cl)c(N)c1Cl. The Balaban J connectivity index is 2.25. The zero-order valence-electron chi connectivity index (χ0n) is 11.6. The molecule has 0 heterocycles. The van der Waals surface area contributed by atoms with E-state index in [-0.39, 0.29) is 26.7 Å². The number of benzene rings is 1. The van der Waals surface area contributed by atoms with Crippen LogP contribution in [0.15, 0.2) is 17.0 Å². The van der Waals surface area contributed by atoms with Gasteiger partial charge in [-0.25, -0.2) is 13.1 Å². The summed E-state index contributed by atoms with van der Waals surface area (Å²) in [6, 6.07) is 2.78. The molecule has 8 heteroatoms. The third kappa shape index (κ3) is 3.79. The maximum Gasteiger partial charge on any atom is 0.242 e. The van der Waals surface area contributed by atoms with Gasteiger partial charge in [-0.2, -0.15) is 11.8 Å². The van der Waals surface area contributed by atoms with Gasteiger partial charge in [0, 0.05) is 11.3 Å². The number of sulfonamides is 1. The van der Waals surface area contributed by atoms with Crippen molar-refractivity contribution in [3.8, 4) is 0 Å². The van der Waals surface area contributed by atoms with Crippen LogP contribution >= 0.6 is 35.0 Å². The maximum absolute atomic E-state index is 12.5. The molecule has 1 aliphatic rings. The van der Waals surface area contributed by atoms with Crippen LogP contribution < -0.4 is 10.5 Å². The van der Waals surface area contributed by atoms with E-state index in [1.165, 1.54) is 12.1 Å². The lowest BCUT2D eigenvalue weighted by Gasteiger charge is -2.20. The molecule has 2 atom stereocenters. The molecule has 0 spiro atoms. The molecule has 1 aromatic carbocycles. The van der Waals surface area contributed by atoms with Crippen LogP contribution in [-0.2, 0) is 10.0 Å². The Kier molecular flexibility index (Phi) is 5.71. The number of nitrogen functional groups attached to an aromatic ring is 1. The maximum atomic E-state index is 12.5. The Hall–Kier alpha value is -0.140. The monoisotopic (exact) mass is 368 g/mol. The van der Waals surface area contributed by atoms with E-state index in [0.29, 0.717) is 5.25 Å². The third-order valence-corrected chi connectivity index (χ3v) is 7.23. The Morgan fingerprint density at radius 3 is 2.76 bits per heavy atom. The van der Waals surface area contributed by atoms with Crippen molar-refractivity contribution in [1.29, 1.82) is 0 Å². The minimum Gasteiger partial charge on any atom is -0.396 e. The number of hydrogen-bond acceptors (Lipinski definition) is 4. The van der Waals surface area contributed by atoms with E-state index in [4.69, 9.17) is 28.9 Å². The molecule has 0 aromatic heterocycles. The molecule has 2 rings (SSSR count). The van der Waals surface area contributed by atoms with E-state index in [0.717, 1.165) is 25.0 Å². The summed E-state index contributed by atoms with van der Waals surface area (Å²) >= 11 is 13.7. The molecule has 4 nitrogen and oxygen atoms in total. The highest BCUT2D eigenvalue weighted by molar-refractivity contribution is 8.00. The summed E-state index contributed by atoms with van der Waals surface area (Å²) in [5.74, 6) is 0.970. The first-order valence-electron chi connectivity index (χ1n) is 6.74. The summed E-state index contributed by atoms with van der Waals surface area (Å²) in [6.45, 7) is 2.07. The van der Waals surface area contributed by atoms with Gasteiger partial charge in [-0.3, -0.25) is 0 Å². The Morgan fingerprint density at radius 2 is 2.10 bits per heavy atom. The number of anilines is 1. The van der Waals surface area contributed by atoms with E-state index in [9.17, 15) is 8.42 Å². The minimum atomic E-state index is -3.70. The lowest BCUT2D eigenvalue weighted by atomic mass is 10.3. The fraction of sp³-hybridized carbons (Fsp3) is 0.538. The van der Waals surface area contributed by atoms with Gasteiger partial charge in [-0.05, 0) is 30.7 Å². The summed E-state index contributed by atoms with van der Waals surface area (Å²) in [6.07, 6.45) is 2.90. The first-order valence-corrected chi connectivity index (χ1v) is 10.0. The summed E-state index contributed by atoms with van der Waals surface area (Å²) in [4.78, 5) is -0.0155. The molecule has 0 bridgehead atoms. The molecular weight excluding hydrogens is 351 g/mol. The van der Waals surface area contributed by atoms with Crippen LogP contribution in [0, 0.1) is 0 Å². The highest BCUT2D eigenvalue weighted by atomic mass is 35.5. The molecule has 118 valence electrons. The number of nitrogens with one attached hydrogen (secondary N) is 1. The Bertz CT molecular complexity index is 623. The number of hydrogen-bond donors (Lipinski definition) is 2. The lowest BCUT2D eigenvalue weighted by molar-refractivity contribution is 0.555. The molecule has 1 saturated carbocycles. The quantitative estimate of drug-likeness (QED) is 0.779. The van der Waals surface area contributed by atoms with Crippen LogP contribution in [0.1, 0.15) is 26.2 Å². The zero-order chi connectivity index (χ0) is 15.6. The Labute approximate surface area is 139 Å². The third-order valence-electron chi connectivity index (χ3n) is 3.52. The van der Waals surface area contributed by atoms with Crippen LogP contribution in [0.4, 0.5) is 5.69 Å². The van der Waals surface area contributed by atoms with Gasteiger partial charge in [0.1, 0.15) is 4.90 Å². The van der Waals surface area contributed by atoms with Gasteiger partial charge in [-0.15, -0.1) is 0 Å². The number of nitrogens with two attached hydrogens (primary N) is 1. The van der Waals surface area contributed by atoms with Gasteiger partial charge in [0.05, 0.1) is 15.7 Å². The molecule has 0 saturated heterocycles. The zero-order valence-corrected chi connectivity index (χ0v) is 14.7. The molecule has 1 aromatic rings. The fourth-order valence-electron chi connectivity index (χ4n) is 2.49. The molecule has 3 N–H and O–H groups in total. The first-order chi connectivity index (χ1) is 9.86. The van der Waals surface area contributed by atoms with Crippen LogP contribution in [-0.4, -0.2) is 25.5 Å². The van der Waals surface area contributed by atoms with Crippen LogP contribution in [0.3, 0.4) is 0 Å². The van der Waals surface area contributed by atoms with Crippen molar-refractivity contribution < 1.29 is 8.42 Å². The number of thioether (sulfide) groups is 1. The number of rotatable bonds is 5. The average Bonchev–Trinajstić information content (AvgIpc) is 2.83. The van der Waals surface area contributed by atoms with Gasteiger partial charge >= 0.3 is 0 Å². The van der Waals surface area contributed by atoms with E-state index in [1.807, 2.05) is 0 Å². The lowest BCUT2D eigenvalue weighted by Crippen LogP contribution is -2.38. The van der Waals surface area contributed by atoms with Crippen molar-refractivity contribution in [3.63, 3.8) is 0 Å². The van der Waals surface area contributed by atoms with Crippen molar-refractivity contribution in [2.24, 2.45) is 0 Å². The van der Waals surface area contributed by atoms with Crippen molar-refractivity contribution in [2.45, 2.75) is 42.4 Å². The molecule has 21 heavy (non-hydrogen) atoms. The standard InChI is InChI=1S/C13H18Cl2N2O2S2/c1-2-20-10-5-3-4-9(10)17-21(18,19)11-7-6-8(14)13(16)12(11)15/h6-7,9-10,17H,2-5,16H2,1H3. The van der Waals surface area contributed by atoms with Crippen molar-refractivity contribution in [1.82, 2.24) is 4.72 Å². The fourth-order valence-corrected chi connectivity index (χ4v) is 5.85. The van der Waals surface area contributed by atoms with E-state index in [1.54, 1.807) is 11.8 Å². The summed E-state index contributed by atoms with van der Waals surface area (Å²) in [7, 11) is -3.70. The Morgan fingerprint density at radius 1 is 1.38 bits per heavy atom. The largest absolute Gasteiger partial charge is 0.396 e. The molecular formula is C13H18Cl2N2O2S2. The van der Waals surface area contributed by atoms with Crippen LogP contribution in [0.2, 0.25) is 10.0 Å². The van der Waals surface area contributed by atoms with E-state index in [2.05, 4.69) is 11.6 Å². The van der Waals surface area contributed by atoms with Gasteiger partial charge in [0.25, 0.3) is 0 Å². The predicted octanol–water partition coefficient (Wildman–Crippen LogP) is 3.53. The van der Waals surface area contributed by atoms with E-state index < -0.39 is 10.0 Å². The van der Waals surface area contributed by atoms with Gasteiger partial charge in [0.2, 0.25) is 10.0 Å². The van der Waals surface area contributed by atoms with Crippen LogP contribution in [0.25, 0.3) is 0 Å². The van der Waals surface area contributed by atoms with Gasteiger partial charge in [0.15, 0.2) is 0 Å². The normalized spacial score (nSPS) is 22.6. The molecule has 0 radical (unpaired) electrons. The summed E-state index contributed by atoms with van der Waals surface area (Å²) < 4.78 is 27.8. The molecule has 0 aliphatic heterocycles. The van der Waals surface area contributed by atoms with Crippen molar-refractivity contribution in [2.75, 3.05) is 11.5 Å². The molecule has 2 unspecified atom stereocenters. The molecule has 1 aliphatic carbocycles. The highest BCUT2D eigenvalue weighted by Crippen LogP contribution is 2.35. The summed E-state index contributed by atoms with van der Waals surface area (Å²) in [5.41, 5.74) is 5.79. The topological polar surface area (TPSA) is 72.2 Å².